The lowest BCUT2D eigenvalue weighted by Gasteiger charge is -2.16. The summed E-state index contributed by atoms with van der Waals surface area (Å²) in [5.74, 6) is 0.928. The second-order valence-electron chi connectivity index (χ2n) is 4.61. The molecule has 0 saturated heterocycles. The van der Waals surface area contributed by atoms with Crippen LogP contribution in [-0.2, 0) is 4.79 Å². The van der Waals surface area contributed by atoms with E-state index in [9.17, 15) is 4.79 Å². The summed E-state index contributed by atoms with van der Waals surface area (Å²) in [5.41, 5.74) is 0. The van der Waals surface area contributed by atoms with E-state index in [0.717, 1.165) is 12.3 Å². The molecule has 2 unspecified atom stereocenters. The van der Waals surface area contributed by atoms with E-state index in [0.29, 0.717) is 6.04 Å². The molecule has 0 heterocycles. The van der Waals surface area contributed by atoms with Crippen molar-refractivity contribution >= 4 is 17.7 Å². The van der Waals surface area contributed by atoms with Gasteiger partial charge >= 0.3 is 0 Å². The van der Waals surface area contributed by atoms with Gasteiger partial charge in [0.2, 0.25) is 5.91 Å². The topological polar surface area (TPSA) is 29.1 Å². The molecule has 0 rings (SSSR count). The molecule has 0 aliphatic carbocycles. The summed E-state index contributed by atoms with van der Waals surface area (Å²) in [6.45, 7) is 8.50. The van der Waals surface area contributed by atoms with Gasteiger partial charge in [-0.15, -0.1) is 0 Å². The van der Waals surface area contributed by atoms with E-state index in [1.807, 2.05) is 13.2 Å². The van der Waals surface area contributed by atoms with Crippen LogP contribution in [0.3, 0.4) is 0 Å². The SMILES string of the molecule is CSC(C)C(=O)NC(C)CCCC(C)C. The van der Waals surface area contributed by atoms with E-state index in [2.05, 4.69) is 26.1 Å². The van der Waals surface area contributed by atoms with Crippen molar-refractivity contribution in [1.29, 1.82) is 0 Å². The lowest BCUT2D eigenvalue weighted by atomic mass is 10.0. The van der Waals surface area contributed by atoms with Gasteiger partial charge < -0.3 is 5.32 Å². The predicted molar refractivity (Wildman–Crippen MR) is 69.3 cm³/mol. The maximum absolute atomic E-state index is 11.5. The minimum atomic E-state index is 0.0672. The Morgan fingerprint density at radius 2 is 1.80 bits per heavy atom. The van der Waals surface area contributed by atoms with Gasteiger partial charge in [0.15, 0.2) is 0 Å². The van der Waals surface area contributed by atoms with Crippen molar-refractivity contribution in [2.24, 2.45) is 5.92 Å². The fourth-order valence-electron chi connectivity index (χ4n) is 1.37. The van der Waals surface area contributed by atoms with Gasteiger partial charge in [0, 0.05) is 6.04 Å². The molecule has 90 valence electrons. The molecule has 2 atom stereocenters. The van der Waals surface area contributed by atoms with Crippen LogP contribution < -0.4 is 5.32 Å². The van der Waals surface area contributed by atoms with Gasteiger partial charge in [-0.1, -0.05) is 26.7 Å². The van der Waals surface area contributed by atoms with Crippen LogP contribution in [0.25, 0.3) is 0 Å². The molecule has 0 spiro atoms. The van der Waals surface area contributed by atoms with Gasteiger partial charge in [-0.3, -0.25) is 4.79 Å². The Bertz CT molecular complexity index is 182. The fraction of sp³-hybridized carbons (Fsp3) is 0.917. The summed E-state index contributed by atoms with van der Waals surface area (Å²) < 4.78 is 0. The van der Waals surface area contributed by atoms with E-state index in [4.69, 9.17) is 0 Å². The monoisotopic (exact) mass is 231 g/mol. The predicted octanol–water partition coefficient (Wildman–Crippen LogP) is 3.07. The van der Waals surface area contributed by atoms with Crippen molar-refractivity contribution in [3.63, 3.8) is 0 Å². The van der Waals surface area contributed by atoms with Gasteiger partial charge in [-0.2, -0.15) is 11.8 Å². The van der Waals surface area contributed by atoms with Crippen molar-refractivity contribution in [2.75, 3.05) is 6.26 Å². The van der Waals surface area contributed by atoms with Crippen LogP contribution in [0.1, 0.15) is 47.0 Å². The third kappa shape index (κ3) is 7.71. The molecule has 0 saturated carbocycles. The minimum absolute atomic E-state index is 0.0672. The molecule has 0 aromatic rings. The molecule has 0 radical (unpaired) electrons. The maximum Gasteiger partial charge on any atom is 0.233 e. The van der Waals surface area contributed by atoms with E-state index < -0.39 is 0 Å². The normalized spacial score (nSPS) is 15.1. The zero-order chi connectivity index (χ0) is 11.8. The van der Waals surface area contributed by atoms with E-state index >= 15 is 0 Å². The van der Waals surface area contributed by atoms with Gasteiger partial charge in [0.1, 0.15) is 0 Å². The molecule has 0 aliphatic rings. The Morgan fingerprint density at radius 1 is 1.20 bits per heavy atom. The fourth-order valence-corrected chi connectivity index (χ4v) is 1.65. The highest BCUT2D eigenvalue weighted by molar-refractivity contribution is 7.99. The van der Waals surface area contributed by atoms with Crippen LogP contribution in [0.2, 0.25) is 0 Å². The van der Waals surface area contributed by atoms with Crippen molar-refractivity contribution in [3.8, 4) is 0 Å². The first-order valence-corrected chi connectivity index (χ1v) is 7.09. The Balaban J connectivity index is 3.64. The van der Waals surface area contributed by atoms with E-state index in [1.165, 1.54) is 12.8 Å². The Kier molecular flexibility index (Phi) is 7.93. The summed E-state index contributed by atoms with van der Waals surface area (Å²) >= 11 is 1.59. The van der Waals surface area contributed by atoms with Crippen LogP contribution >= 0.6 is 11.8 Å². The molecular weight excluding hydrogens is 206 g/mol. The van der Waals surface area contributed by atoms with Gasteiger partial charge in [-0.25, -0.2) is 0 Å². The van der Waals surface area contributed by atoms with E-state index in [-0.39, 0.29) is 11.2 Å². The molecule has 15 heavy (non-hydrogen) atoms. The third-order valence-electron chi connectivity index (χ3n) is 2.53. The quantitative estimate of drug-likeness (QED) is 0.729. The summed E-state index contributed by atoms with van der Waals surface area (Å²) in [4.78, 5) is 11.5. The van der Waals surface area contributed by atoms with Crippen molar-refractivity contribution < 1.29 is 4.79 Å². The summed E-state index contributed by atoms with van der Waals surface area (Å²) in [7, 11) is 0. The van der Waals surface area contributed by atoms with Crippen LogP contribution in [-0.4, -0.2) is 23.5 Å². The van der Waals surface area contributed by atoms with Crippen molar-refractivity contribution in [3.05, 3.63) is 0 Å². The molecular formula is C12H25NOS. The first kappa shape index (κ1) is 14.8. The highest BCUT2D eigenvalue weighted by atomic mass is 32.2. The highest BCUT2D eigenvalue weighted by Gasteiger charge is 2.13. The molecule has 0 aromatic heterocycles. The second-order valence-corrected chi connectivity index (χ2v) is 5.79. The summed E-state index contributed by atoms with van der Waals surface area (Å²) in [5, 5.41) is 3.11. The second kappa shape index (κ2) is 8.03. The minimum Gasteiger partial charge on any atom is -0.353 e. The number of carbonyl (C=O) groups is 1. The molecule has 1 amide bonds. The molecule has 0 aromatic carbocycles. The average molecular weight is 231 g/mol. The average Bonchev–Trinajstić information content (AvgIpc) is 2.15. The van der Waals surface area contributed by atoms with Gasteiger partial charge in [-0.05, 0) is 32.4 Å². The smallest absolute Gasteiger partial charge is 0.233 e. The van der Waals surface area contributed by atoms with Gasteiger partial charge in [0.25, 0.3) is 0 Å². The first-order chi connectivity index (χ1) is 6.97. The molecule has 3 heteroatoms. The first-order valence-electron chi connectivity index (χ1n) is 5.80. The summed E-state index contributed by atoms with van der Waals surface area (Å²) in [6, 6.07) is 0.311. The molecule has 2 nitrogen and oxygen atoms in total. The van der Waals surface area contributed by atoms with Crippen LogP contribution in [0.5, 0.6) is 0 Å². The molecule has 0 aliphatic heterocycles. The number of nitrogens with one attached hydrogen (secondary N) is 1. The number of thioether (sulfide) groups is 1. The number of amides is 1. The lowest BCUT2D eigenvalue weighted by molar-refractivity contribution is -0.120. The number of hydrogen-bond acceptors (Lipinski definition) is 2. The van der Waals surface area contributed by atoms with Crippen molar-refractivity contribution in [2.45, 2.75) is 58.2 Å². The largest absolute Gasteiger partial charge is 0.353 e. The third-order valence-corrected chi connectivity index (χ3v) is 3.45. The zero-order valence-electron chi connectivity index (χ0n) is 10.7. The van der Waals surface area contributed by atoms with Crippen LogP contribution in [0, 0.1) is 5.92 Å². The highest BCUT2D eigenvalue weighted by Crippen LogP contribution is 2.09. The zero-order valence-corrected chi connectivity index (χ0v) is 11.5. The van der Waals surface area contributed by atoms with Crippen LogP contribution in [0.15, 0.2) is 0 Å². The van der Waals surface area contributed by atoms with Gasteiger partial charge in [0.05, 0.1) is 5.25 Å². The maximum atomic E-state index is 11.5. The number of hydrogen-bond donors (Lipinski definition) is 1. The van der Waals surface area contributed by atoms with Crippen molar-refractivity contribution in [1.82, 2.24) is 5.32 Å². The summed E-state index contributed by atoms with van der Waals surface area (Å²) in [6.07, 6.45) is 5.50. The Labute approximate surface area is 98.6 Å². The Hall–Kier alpha value is -0.180. The lowest BCUT2D eigenvalue weighted by Crippen LogP contribution is -2.37. The van der Waals surface area contributed by atoms with E-state index in [1.54, 1.807) is 11.8 Å². The number of carbonyl (C=O) groups excluding carboxylic acids is 1. The Morgan fingerprint density at radius 3 is 2.27 bits per heavy atom. The molecule has 0 fully saturated rings. The number of rotatable bonds is 7. The molecule has 0 bridgehead atoms. The molecule has 1 N–H and O–H groups in total. The van der Waals surface area contributed by atoms with Crippen LogP contribution in [0.4, 0.5) is 0 Å². The standard InChI is InChI=1S/C12H25NOS/c1-9(2)7-6-8-10(3)13-12(14)11(4)15-5/h9-11H,6-8H2,1-5H3,(H,13,14).